The van der Waals surface area contributed by atoms with Crippen LogP contribution >= 0.6 is 0 Å². The summed E-state index contributed by atoms with van der Waals surface area (Å²) in [6.07, 6.45) is 0.825. The van der Waals surface area contributed by atoms with E-state index in [0.29, 0.717) is 6.61 Å². The van der Waals surface area contributed by atoms with E-state index in [1.54, 1.807) is 0 Å². The van der Waals surface area contributed by atoms with Gasteiger partial charge in [-0.15, -0.1) is 0 Å². The predicted molar refractivity (Wildman–Crippen MR) is 47.7 cm³/mol. The lowest BCUT2D eigenvalue weighted by Gasteiger charge is -2.03. The van der Waals surface area contributed by atoms with Crippen LogP contribution in [0, 0.1) is 16.2 Å². The van der Waals surface area contributed by atoms with Crippen molar-refractivity contribution in [1.82, 2.24) is 0 Å². The number of nitrogens with zero attached hydrogens (tertiary/aromatic N) is 1. The lowest BCUT2D eigenvalue weighted by atomic mass is 10.3. The predicted octanol–water partition coefficient (Wildman–Crippen LogP) is 2.18. The summed E-state index contributed by atoms with van der Waals surface area (Å²) >= 11 is 0. The van der Waals surface area contributed by atoms with Gasteiger partial charge in [0.15, 0.2) is 5.75 Å². The molecule has 13 heavy (non-hydrogen) atoms. The molecule has 0 aromatic heterocycles. The van der Waals surface area contributed by atoms with Gasteiger partial charge in [-0.2, -0.15) is 0 Å². The van der Waals surface area contributed by atoms with Gasteiger partial charge in [-0.3, -0.25) is 10.1 Å². The van der Waals surface area contributed by atoms with E-state index in [1.807, 2.05) is 6.92 Å². The molecule has 1 aromatic rings. The summed E-state index contributed by atoms with van der Waals surface area (Å²) in [4.78, 5) is 10.0. The molecular formula is C9H10NO3. The maximum absolute atomic E-state index is 10.5. The van der Waals surface area contributed by atoms with Gasteiger partial charge in [0.2, 0.25) is 0 Å². The summed E-state index contributed by atoms with van der Waals surface area (Å²) < 4.78 is 5.17. The summed E-state index contributed by atoms with van der Waals surface area (Å²) in [6, 6.07) is 7.09. The summed E-state index contributed by atoms with van der Waals surface area (Å²) in [5, 5.41) is 10.5. The Kier molecular flexibility index (Phi) is 3.25. The fourth-order valence-corrected chi connectivity index (χ4v) is 0.885. The zero-order chi connectivity index (χ0) is 9.68. The average molecular weight is 180 g/mol. The molecule has 0 spiro atoms. The standard InChI is InChI=1S/C9H10NO3/c1-2-7-13-9-6-4-3-5-8(9)10(11)12/h3,5-6H,2,7H2,1H3. The SMILES string of the molecule is CCCOc1c[c]ccc1[N+](=O)[O-]. The Labute approximate surface area is 76.3 Å². The molecule has 69 valence electrons. The second kappa shape index (κ2) is 4.45. The van der Waals surface area contributed by atoms with Crippen molar-refractivity contribution >= 4 is 5.69 Å². The fourth-order valence-electron chi connectivity index (χ4n) is 0.885. The molecule has 4 nitrogen and oxygen atoms in total. The van der Waals surface area contributed by atoms with E-state index in [4.69, 9.17) is 4.74 Å². The topological polar surface area (TPSA) is 52.4 Å². The molecule has 0 saturated carbocycles. The first kappa shape index (κ1) is 9.51. The quantitative estimate of drug-likeness (QED) is 0.527. The molecule has 0 heterocycles. The van der Waals surface area contributed by atoms with Crippen LogP contribution in [0.1, 0.15) is 13.3 Å². The Bertz CT molecular complexity index is 299. The molecule has 1 radical (unpaired) electrons. The average Bonchev–Trinajstić information content (AvgIpc) is 2.15. The Hall–Kier alpha value is -1.58. The number of hydrogen-bond donors (Lipinski definition) is 0. The number of nitro benzene ring substituents is 1. The largest absolute Gasteiger partial charge is 0.487 e. The van der Waals surface area contributed by atoms with Crippen molar-refractivity contribution in [2.75, 3.05) is 6.61 Å². The normalized spacial score (nSPS) is 9.62. The lowest BCUT2D eigenvalue weighted by Crippen LogP contribution is -1.98. The molecule has 0 saturated heterocycles. The van der Waals surface area contributed by atoms with Crippen LogP contribution in [0.5, 0.6) is 5.75 Å². The van der Waals surface area contributed by atoms with E-state index in [1.165, 1.54) is 18.2 Å². The molecule has 0 aliphatic heterocycles. The van der Waals surface area contributed by atoms with E-state index < -0.39 is 4.92 Å². The monoisotopic (exact) mass is 180 g/mol. The van der Waals surface area contributed by atoms with E-state index >= 15 is 0 Å². The summed E-state index contributed by atoms with van der Waals surface area (Å²) in [5.41, 5.74) is -0.00722. The maximum Gasteiger partial charge on any atom is 0.310 e. The molecule has 0 amide bonds. The summed E-state index contributed by atoms with van der Waals surface area (Å²) in [7, 11) is 0. The minimum absolute atomic E-state index is 0.00722. The number of ether oxygens (including phenoxy) is 1. The molecule has 4 heteroatoms. The molecule has 0 fully saturated rings. The highest BCUT2D eigenvalue weighted by Gasteiger charge is 2.12. The highest BCUT2D eigenvalue weighted by Crippen LogP contribution is 2.25. The van der Waals surface area contributed by atoms with Gasteiger partial charge in [0, 0.05) is 6.07 Å². The molecule has 0 atom stereocenters. The second-order valence-corrected chi connectivity index (χ2v) is 2.50. The van der Waals surface area contributed by atoms with Crippen molar-refractivity contribution in [3.63, 3.8) is 0 Å². The first-order chi connectivity index (χ1) is 6.25. The Morgan fingerprint density at radius 1 is 1.69 bits per heavy atom. The van der Waals surface area contributed by atoms with Crippen LogP contribution in [0.15, 0.2) is 18.2 Å². The van der Waals surface area contributed by atoms with Gasteiger partial charge in [-0.25, -0.2) is 0 Å². The van der Waals surface area contributed by atoms with E-state index in [0.717, 1.165) is 6.42 Å². The highest BCUT2D eigenvalue weighted by atomic mass is 16.6. The maximum atomic E-state index is 10.5. The first-order valence-corrected chi connectivity index (χ1v) is 4.03. The number of rotatable bonds is 4. The van der Waals surface area contributed by atoms with Crippen LogP contribution in [0.3, 0.4) is 0 Å². The number of benzene rings is 1. The Balaban J connectivity index is 2.84. The van der Waals surface area contributed by atoms with Crippen molar-refractivity contribution in [3.8, 4) is 5.75 Å². The van der Waals surface area contributed by atoms with Gasteiger partial charge in [-0.1, -0.05) is 6.92 Å². The first-order valence-electron chi connectivity index (χ1n) is 4.03. The zero-order valence-electron chi connectivity index (χ0n) is 7.32. The fraction of sp³-hybridized carbons (Fsp3) is 0.333. The number of hydrogen-bond acceptors (Lipinski definition) is 3. The van der Waals surface area contributed by atoms with Crippen LogP contribution in [0.2, 0.25) is 0 Å². The van der Waals surface area contributed by atoms with Crippen LogP contribution in [0.4, 0.5) is 5.69 Å². The van der Waals surface area contributed by atoms with Crippen molar-refractivity contribution in [1.29, 1.82) is 0 Å². The Morgan fingerprint density at radius 2 is 2.46 bits per heavy atom. The van der Waals surface area contributed by atoms with Crippen molar-refractivity contribution in [2.45, 2.75) is 13.3 Å². The summed E-state index contributed by atoms with van der Waals surface area (Å²) in [5.74, 6) is 0.286. The van der Waals surface area contributed by atoms with Gasteiger partial charge in [0.05, 0.1) is 11.5 Å². The van der Waals surface area contributed by atoms with Crippen LogP contribution in [-0.2, 0) is 0 Å². The van der Waals surface area contributed by atoms with Crippen LogP contribution in [-0.4, -0.2) is 11.5 Å². The van der Waals surface area contributed by atoms with Crippen molar-refractivity contribution in [3.05, 3.63) is 34.4 Å². The zero-order valence-corrected chi connectivity index (χ0v) is 7.32. The highest BCUT2D eigenvalue weighted by molar-refractivity contribution is 5.45. The van der Waals surface area contributed by atoms with E-state index in [2.05, 4.69) is 6.07 Å². The molecule has 0 N–H and O–H groups in total. The third-order valence-electron chi connectivity index (χ3n) is 1.46. The molecule has 0 aliphatic carbocycles. The minimum Gasteiger partial charge on any atom is -0.487 e. The van der Waals surface area contributed by atoms with Crippen molar-refractivity contribution < 1.29 is 9.66 Å². The second-order valence-electron chi connectivity index (χ2n) is 2.50. The molecule has 1 aromatic carbocycles. The van der Waals surface area contributed by atoms with E-state index in [-0.39, 0.29) is 11.4 Å². The van der Waals surface area contributed by atoms with Gasteiger partial charge >= 0.3 is 5.69 Å². The van der Waals surface area contributed by atoms with E-state index in [9.17, 15) is 10.1 Å². The van der Waals surface area contributed by atoms with Crippen LogP contribution < -0.4 is 4.74 Å². The third kappa shape index (κ3) is 2.43. The summed E-state index contributed by atoms with van der Waals surface area (Å²) in [6.45, 7) is 2.43. The molecular weight excluding hydrogens is 170 g/mol. The molecule has 0 bridgehead atoms. The van der Waals surface area contributed by atoms with Crippen molar-refractivity contribution in [2.24, 2.45) is 0 Å². The molecule has 1 rings (SSSR count). The van der Waals surface area contributed by atoms with Gasteiger partial charge < -0.3 is 4.74 Å². The smallest absolute Gasteiger partial charge is 0.310 e. The van der Waals surface area contributed by atoms with Gasteiger partial charge in [0.1, 0.15) is 0 Å². The number of nitro groups is 1. The molecule has 0 aliphatic rings. The Morgan fingerprint density at radius 3 is 3.08 bits per heavy atom. The van der Waals surface area contributed by atoms with Gasteiger partial charge in [0.25, 0.3) is 0 Å². The third-order valence-corrected chi connectivity index (χ3v) is 1.46. The van der Waals surface area contributed by atoms with Crippen LogP contribution in [0.25, 0.3) is 0 Å². The minimum atomic E-state index is -0.459. The van der Waals surface area contributed by atoms with Gasteiger partial charge in [-0.05, 0) is 24.6 Å². The lowest BCUT2D eigenvalue weighted by molar-refractivity contribution is -0.385. The molecule has 0 unspecified atom stereocenters.